The van der Waals surface area contributed by atoms with Crippen molar-refractivity contribution in [3.05, 3.63) is 33.4 Å². The van der Waals surface area contributed by atoms with E-state index < -0.39 is 17.7 Å². The quantitative estimate of drug-likeness (QED) is 0.843. The van der Waals surface area contributed by atoms with Crippen molar-refractivity contribution in [2.75, 3.05) is 7.11 Å². The Kier molecular flexibility index (Phi) is 4.76. The number of primary amides is 1. The number of benzene rings is 1. The van der Waals surface area contributed by atoms with Crippen molar-refractivity contribution < 1.29 is 14.6 Å². The highest BCUT2D eigenvalue weighted by Gasteiger charge is 2.37. The number of aromatic hydroxyl groups is 1. The minimum atomic E-state index is -0.648. The molecule has 0 spiro atoms. The van der Waals surface area contributed by atoms with E-state index in [1.165, 1.54) is 13.2 Å². The Morgan fingerprint density at radius 3 is 2.65 bits per heavy atom. The lowest BCUT2D eigenvalue weighted by atomic mass is 9.76. The zero-order valence-corrected chi connectivity index (χ0v) is 14.5. The molecular weight excluding hydrogens is 362 g/mol. The van der Waals surface area contributed by atoms with Crippen LogP contribution in [0.25, 0.3) is 0 Å². The molecule has 2 atom stereocenters. The van der Waals surface area contributed by atoms with Crippen LogP contribution in [0.1, 0.15) is 25.3 Å². The van der Waals surface area contributed by atoms with Gasteiger partial charge in [-0.25, -0.2) is 0 Å². The average Bonchev–Trinajstić information content (AvgIpc) is 2.48. The van der Waals surface area contributed by atoms with Crippen LogP contribution in [0, 0.1) is 17.2 Å². The number of aliphatic imine (C=N–C) groups is 1. The molecule has 1 aliphatic rings. The topological polar surface area (TPSA) is 109 Å². The van der Waals surface area contributed by atoms with Gasteiger partial charge in [-0.3, -0.25) is 9.79 Å². The van der Waals surface area contributed by atoms with E-state index in [9.17, 15) is 15.2 Å². The van der Waals surface area contributed by atoms with Crippen molar-refractivity contribution in [2.45, 2.75) is 19.8 Å². The van der Waals surface area contributed by atoms with Gasteiger partial charge in [0.25, 0.3) is 0 Å². The summed E-state index contributed by atoms with van der Waals surface area (Å²) in [6, 6.07) is 5.25. The van der Waals surface area contributed by atoms with Crippen LogP contribution in [-0.2, 0) is 4.79 Å². The molecule has 1 heterocycles. The predicted octanol–water partition coefficient (Wildman–Crippen LogP) is 2.62. The molecule has 1 aromatic rings. The molecule has 120 valence electrons. The number of halogens is 1. The zero-order valence-electron chi connectivity index (χ0n) is 12.9. The number of ether oxygens (including phenoxy) is 1. The van der Waals surface area contributed by atoms with Crippen LogP contribution in [0.15, 0.2) is 32.9 Å². The van der Waals surface area contributed by atoms with Crippen LogP contribution < -0.4 is 10.5 Å². The molecule has 1 unspecified atom stereocenters. The molecule has 23 heavy (non-hydrogen) atoms. The number of nitrogens with two attached hydrogens (primary N) is 1. The van der Waals surface area contributed by atoms with Crippen molar-refractivity contribution in [1.29, 1.82) is 5.26 Å². The second-order valence-corrected chi connectivity index (χ2v) is 6.10. The summed E-state index contributed by atoms with van der Waals surface area (Å²) < 4.78 is 5.68. The van der Waals surface area contributed by atoms with Gasteiger partial charge in [-0.15, -0.1) is 0 Å². The van der Waals surface area contributed by atoms with Crippen molar-refractivity contribution in [1.82, 2.24) is 0 Å². The van der Waals surface area contributed by atoms with E-state index >= 15 is 0 Å². The summed E-state index contributed by atoms with van der Waals surface area (Å²) in [6.07, 6.45) is 0. The Morgan fingerprint density at radius 2 is 2.13 bits per heavy atom. The molecule has 1 amide bonds. The lowest BCUT2D eigenvalue weighted by molar-refractivity contribution is -0.115. The third-order valence-corrected chi connectivity index (χ3v) is 4.55. The summed E-state index contributed by atoms with van der Waals surface area (Å²) in [6.45, 7) is 3.42. The number of rotatable bonds is 3. The third-order valence-electron chi connectivity index (χ3n) is 3.87. The molecule has 2 rings (SSSR count). The second kappa shape index (κ2) is 6.42. The number of methoxy groups -OCH3 is 1. The number of allylic oxidation sites excluding steroid dienone is 1. The summed E-state index contributed by atoms with van der Waals surface area (Å²) >= 11 is 3.42. The average molecular weight is 378 g/mol. The van der Waals surface area contributed by atoms with E-state index in [0.29, 0.717) is 21.4 Å². The van der Waals surface area contributed by atoms with E-state index in [4.69, 9.17) is 10.5 Å². The van der Waals surface area contributed by atoms with Gasteiger partial charge in [0.05, 0.1) is 19.1 Å². The predicted molar refractivity (Wildman–Crippen MR) is 89.2 cm³/mol. The fourth-order valence-electron chi connectivity index (χ4n) is 2.82. The maximum Gasteiger partial charge on any atom is 0.247 e. The molecule has 6 nitrogen and oxygen atoms in total. The molecule has 0 aromatic heterocycles. The Morgan fingerprint density at radius 1 is 1.48 bits per heavy atom. The Bertz CT molecular complexity index is 778. The molecule has 0 radical (unpaired) electrons. The van der Waals surface area contributed by atoms with E-state index in [1.807, 2.05) is 0 Å². The van der Waals surface area contributed by atoms with E-state index in [1.54, 1.807) is 19.9 Å². The molecule has 0 bridgehead atoms. The van der Waals surface area contributed by atoms with Gasteiger partial charge in [-0.1, -0.05) is 15.9 Å². The highest BCUT2D eigenvalue weighted by atomic mass is 79.9. The normalized spacial score (nSPS) is 20.7. The van der Waals surface area contributed by atoms with Crippen LogP contribution in [0.3, 0.4) is 0 Å². The van der Waals surface area contributed by atoms with E-state index in [-0.39, 0.29) is 17.1 Å². The van der Waals surface area contributed by atoms with Crippen LogP contribution in [0.2, 0.25) is 0 Å². The molecule has 0 saturated heterocycles. The van der Waals surface area contributed by atoms with Gasteiger partial charge in [0.15, 0.2) is 11.5 Å². The standard InChI is InChI=1S/C16H16BrN3O3/c1-7-10(6-18)15(14(16(19)22)8(2)20-7)9-4-12(21)13(23-3)5-11(9)17/h4-5,10,15,21H,1-3H3,(H2,19,22)/t10?,15-/m0/s1. The number of hydrogen-bond donors (Lipinski definition) is 2. The monoisotopic (exact) mass is 377 g/mol. The molecule has 7 heteroatoms. The van der Waals surface area contributed by atoms with Crippen molar-refractivity contribution in [2.24, 2.45) is 16.6 Å². The molecule has 1 aliphatic heterocycles. The van der Waals surface area contributed by atoms with Crippen molar-refractivity contribution >= 4 is 27.5 Å². The first-order valence-electron chi connectivity index (χ1n) is 6.83. The summed E-state index contributed by atoms with van der Waals surface area (Å²) in [4.78, 5) is 16.2. The van der Waals surface area contributed by atoms with Gasteiger partial charge in [-0.05, 0) is 31.5 Å². The number of amides is 1. The van der Waals surface area contributed by atoms with E-state index in [0.717, 1.165) is 0 Å². The van der Waals surface area contributed by atoms with Crippen molar-refractivity contribution in [3.8, 4) is 17.6 Å². The lowest BCUT2D eigenvalue weighted by Crippen LogP contribution is -2.31. The smallest absolute Gasteiger partial charge is 0.247 e. The maximum atomic E-state index is 11.9. The van der Waals surface area contributed by atoms with Gasteiger partial charge < -0.3 is 15.6 Å². The van der Waals surface area contributed by atoms with Crippen LogP contribution in [0.4, 0.5) is 0 Å². The van der Waals surface area contributed by atoms with Gasteiger partial charge in [0.1, 0.15) is 0 Å². The minimum absolute atomic E-state index is 0.0796. The van der Waals surface area contributed by atoms with Crippen LogP contribution in [-0.4, -0.2) is 23.8 Å². The molecule has 0 aliphatic carbocycles. The highest BCUT2D eigenvalue weighted by Crippen LogP contribution is 2.44. The van der Waals surface area contributed by atoms with Crippen LogP contribution >= 0.6 is 15.9 Å². The first-order chi connectivity index (χ1) is 10.8. The fraction of sp³-hybridized carbons (Fsp3) is 0.312. The third kappa shape index (κ3) is 2.94. The first kappa shape index (κ1) is 17.0. The summed E-state index contributed by atoms with van der Waals surface area (Å²) in [5, 5.41) is 19.6. The molecule has 3 N–H and O–H groups in total. The molecule has 1 aromatic carbocycles. The number of carbonyl (C=O) groups excluding carboxylic acids is 1. The fourth-order valence-corrected chi connectivity index (χ4v) is 3.39. The van der Waals surface area contributed by atoms with Gasteiger partial charge >= 0.3 is 0 Å². The number of phenols is 1. The highest BCUT2D eigenvalue weighted by molar-refractivity contribution is 9.10. The molecule has 0 saturated carbocycles. The number of nitriles is 1. The number of nitrogens with zero attached hydrogens (tertiary/aromatic N) is 2. The van der Waals surface area contributed by atoms with E-state index in [2.05, 4.69) is 27.0 Å². The van der Waals surface area contributed by atoms with Crippen LogP contribution in [0.5, 0.6) is 11.5 Å². The lowest BCUT2D eigenvalue weighted by Gasteiger charge is -2.29. The van der Waals surface area contributed by atoms with Gasteiger partial charge in [0.2, 0.25) is 5.91 Å². The largest absolute Gasteiger partial charge is 0.504 e. The summed E-state index contributed by atoms with van der Waals surface area (Å²) in [7, 11) is 1.44. The first-order valence-corrected chi connectivity index (χ1v) is 7.62. The number of carbonyl (C=O) groups is 1. The molecule has 0 fully saturated rings. The Balaban J connectivity index is 2.72. The SMILES string of the molecule is COc1cc(Br)c([C@@H]2C(C(N)=O)=C(C)N=C(C)C2C#N)cc1O. The zero-order chi connectivity index (χ0) is 17.3. The van der Waals surface area contributed by atoms with Gasteiger partial charge in [-0.2, -0.15) is 5.26 Å². The van der Waals surface area contributed by atoms with Crippen molar-refractivity contribution in [3.63, 3.8) is 0 Å². The Labute approximate surface area is 142 Å². The van der Waals surface area contributed by atoms with Gasteiger partial charge in [0, 0.05) is 27.4 Å². The summed E-state index contributed by atoms with van der Waals surface area (Å²) in [5.74, 6) is -1.68. The minimum Gasteiger partial charge on any atom is -0.504 e. The Hall–Kier alpha value is -2.33. The second-order valence-electron chi connectivity index (χ2n) is 5.25. The summed E-state index contributed by atoms with van der Waals surface area (Å²) in [5.41, 5.74) is 7.45. The number of hydrogen-bond acceptors (Lipinski definition) is 5. The molecular formula is C16H16BrN3O3. The number of phenolic OH excluding ortho intramolecular Hbond substituents is 1. The maximum absolute atomic E-state index is 11.9.